The predicted molar refractivity (Wildman–Crippen MR) is 67.4 cm³/mol. The fraction of sp³-hybridized carbons (Fsp3) is 0.231. The SMILES string of the molecule is OC[C@H](NCc1cccs1)c1ccccc1. The van der Waals surface area contributed by atoms with Gasteiger partial charge in [-0.15, -0.1) is 11.3 Å². The van der Waals surface area contributed by atoms with Crippen LogP contribution < -0.4 is 5.32 Å². The third-order valence-electron chi connectivity index (χ3n) is 2.49. The highest BCUT2D eigenvalue weighted by molar-refractivity contribution is 7.09. The van der Waals surface area contributed by atoms with E-state index in [0.29, 0.717) is 0 Å². The molecule has 0 unspecified atom stereocenters. The predicted octanol–water partition coefficient (Wildman–Crippen LogP) is 2.57. The van der Waals surface area contributed by atoms with E-state index in [1.54, 1.807) is 11.3 Å². The Morgan fingerprint density at radius 2 is 1.94 bits per heavy atom. The summed E-state index contributed by atoms with van der Waals surface area (Å²) in [6.45, 7) is 0.924. The lowest BCUT2D eigenvalue weighted by Crippen LogP contribution is -2.23. The first-order valence-corrected chi connectivity index (χ1v) is 6.19. The molecule has 0 saturated carbocycles. The zero-order valence-corrected chi connectivity index (χ0v) is 9.78. The van der Waals surface area contributed by atoms with E-state index in [9.17, 15) is 5.11 Å². The Balaban J connectivity index is 1.96. The van der Waals surface area contributed by atoms with Crippen molar-refractivity contribution in [1.29, 1.82) is 0 Å². The number of hydrogen-bond acceptors (Lipinski definition) is 3. The molecule has 2 rings (SSSR count). The molecule has 2 aromatic rings. The van der Waals surface area contributed by atoms with Crippen LogP contribution in [-0.4, -0.2) is 11.7 Å². The molecule has 2 nitrogen and oxygen atoms in total. The average Bonchev–Trinajstić information content (AvgIpc) is 2.84. The topological polar surface area (TPSA) is 32.3 Å². The summed E-state index contributed by atoms with van der Waals surface area (Å²) >= 11 is 1.73. The van der Waals surface area contributed by atoms with E-state index >= 15 is 0 Å². The highest BCUT2D eigenvalue weighted by atomic mass is 32.1. The van der Waals surface area contributed by atoms with Crippen molar-refractivity contribution >= 4 is 11.3 Å². The van der Waals surface area contributed by atoms with Gasteiger partial charge in [0.15, 0.2) is 0 Å². The standard InChI is InChI=1S/C13H15NOS/c15-10-13(11-5-2-1-3-6-11)14-9-12-7-4-8-16-12/h1-8,13-15H,9-10H2/t13-/m0/s1. The Morgan fingerprint density at radius 1 is 1.12 bits per heavy atom. The van der Waals surface area contributed by atoms with E-state index in [1.807, 2.05) is 36.4 Å². The average molecular weight is 233 g/mol. The van der Waals surface area contributed by atoms with Gasteiger partial charge in [0.25, 0.3) is 0 Å². The number of aliphatic hydroxyl groups is 1. The number of hydrogen-bond donors (Lipinski definition) is 2. The fourth-order valence-corrected chi connectivity index (χ4v) is 2.27. The molecule has 0 aliphatic heterocycles. The summed E-state index contributed by atoms with van der Waals surface area (Å²) in [5.41, 5.74) is 1.13. The van der Waals surface area contributed by atoms with Crippen LogP contribution in [0.3, 0.4) is 0 Å². The molecule has 1 atom stereocenters. The van der Waals surface area contributed by atoms with Crippen LogP contribution in [-0.2, 0) is 6.54 Å². The van der Waals surface area contributed by atoms with Crippen LogP contribution in [0.4, 0.5) is 0 Å². The quantitative estimate of drug-likeness (QED) is 0.832. The maximum absolute atomic E-state index is 9.35. The summed E-state index contributed by atoms with van der Waals surface area (Å²) in [5.74, 6) is 0. The second-order valence-corrected chi connectivity index (χ2v) is 4.64. The van der Waals surface area contributed by atoms with E-state index in [2.05, 4.69) is 16.8 Å². The summed E-state index contributed by atoms with van der Waals surface area (Å²) in [4.78, 5) is 1.29. The lowest BCUT2D eigenvalue weighted by molar-refractivity contribution is 0.244. The molecule has 3 heteroatoms. The molecule has 0 aliphatic carbocycles. The summed E-state index contributed by atoms with van der Waals surface area (Å²) < 4.78 is 0. The molecule has 1 aromatic carbocycles. The Morgan fingerprint density at radius 3 is 2.56 bits per heavy atom. The first-order chi connectivity index (χ1) is 7.90. The molecule has 2 N–H and O–H groups in total. The lowest BCUT2D eigenvalue weighted by Gasteiger charge is -2.15. The highest BCUT2D eigenvalue weighted by Crippen LogP contribution is 2.14. The van der Waals surface area contributed by atoms with Gasteiger partial charge in [0.2, 0.25) is 0 Å². The number of nitrogens with one attached hydrogen (secondary N) is 1. The molecular weight excluding hydrogens is 218 g/mol. The van der Waals surface area contributed by atoms with Gasteiger partial charge in [-0.25, -0.2) is 0 Å². The number of thiophene rings is 1. The first kappa shape index (κ1) is 11.3. The normalized spacial score (nSPS) is 12.6. The Kier molecular flexibility index (Phi) is 4.10. The maximum Gasteiger partial charge on any atom is 0.0626 e. The molecular formula is C13H15NOS. The van der Waals surface area contributed by atoms with Crippen molar-refractivity contribution in [2.45, 2.75) is 12.6 Å². The van der Waals surface area contributed by atoms with E-state index in [0.717, 1.165) is 12.1 Å². The zero-order chi connectivity index (χ0) is 11.2. The first-order valence-electron chi connectivity index (χ1n) is 5.31. The number of rotatable bonds is 5. The van der Waals surface area contributed by atoms with Crippen LogP contribution in [0.25, 0.3) is 0 Å². The lowest BCUT2D eigenvalue weighted by atomic mass is 10.1. The number of aliphatic hydroxyl groups excluding tert-OH is 1. The van der Waals surface area contributed by atoms with Gasteiger partial charge >= 0.3 is 0 Å². The minimum Gasteiger partial charge on any atom is -0.394 e. The van der Waals surface area contributed by atoms with Gasteiger partial charge < -0.3 is 10.4 Å². The zero-order valence-electron chi connectivity index (χ0n) is 8.97. The maximum atomic E-state index is 9.35. The van der Waals surface area contributed by atoms with Crippen molar-refractivity contribution in [2.24, 2.45) is 0 Å². The van der Waals surface area contributed by atoms with Gasteiger partial charge in [0, 0.05) is 11.4 Å². The van der Waals surface area contributed by atoms with E-state index in [4.69, 9.17) is 0 Å². The molecule has 0 spiro atoms. The van der Waals surface area contributed by atoms with Crippen molar-refractivity contribution in [1.82, 2.24) is 5.32 Å². The fourth-order valence-electron chi connectivity index (χ4n) is 1.61. The second kappa shape index (κ2) is 5.80. The second-order valence-electron chi connectivity index (χ2n) is 3.61. The third kappa shape index (κ3) is 2.92. The molecule has 1 aromatic heterocycles. The Labute approximate surface area is 99.6 Å². The minimum absolute atomic E-state index is 0.0169. The molecule has 0 aliphatic rings. The Hall–Kier alpha value is -1.16. The van der Waals surface area contributed by atoms with Crippen molar-refractivity contribution in [3.8, 4) is 0 Å². The van der Waals surface area contributed by atoms with Gasteiger partial charge in [-0.2, -0.15) is 0 Å². The van der Waals surface area contributed by atoms with Crippen LogP contribution in [0.1, 0.15) is 16.5 Å². The van der Waals surface area contributed by atoms with Crippen LogP contribution >= 0.6 is 11.3 Å². The Bertz CT molecular complexity index is 399. The van der Waals surface area contributed by atoms with Gasteiger partial charge in [-0.05, 0) is 17.0 Å². The van der Waals surface area contributed by atoms with Crippen LogP contribution in [0.5, 0.6) is 0 Å². The van der Waals surface area contributed by atoms with Gasteiger partial charge in [-0.3, -0.25) is 0 Å². The van der Waals surface area contributed by atoms with Gasteiger partial charge in [-0.1, -0.05) is 36.4 Å². The van der Waals surface area contributed by atoms with Crippen LogP contribution in [0.2, 0.25) is 0 Å². The molecule has 0 bridgehead atoms. The van der Waals surface area contributed by atoms with E-state index in [-0.39, 0.29) is 12.6 Å². The molecule has 84 valence electrons. The molecule has 16 heavy (non-hydrogen) atoms. The van der Waals surface area contributed by atoms with E-state index in [1.165, 1.54) is 4.88 Å². The van der Waals surface area contributed by atoms with Crippen molar-refractivity contribution in [2.75, 3.05) is 6.61 Å². The van der Waals surface area contributed by atoms with Crippen molar-refractivity contribution in [3.63, 3.8) is 0 Å². The molecule has 0 radical (unpaired) electrons. The number of benzene rings is 1. The minimum atomic E-state index is 0.0169. The molecule has 0 fully saturated rings. The van der Waals surface area contributed by atoms with Gasteiger partial charge in [0.05, 0.1) is 12.6 Å². The van der Waals surface area contributed by atoms with E-state index < -0.39 is 0 Å². The molecule has 1 heterocycles. The largest absolute Gasteiger partial charge is 0.394 e. The summed E-state index contributed by atoms with van der Waals surface area (Å²) in [6, 6.07) is 14.2. The van der Waals surface area contributed by atoms with Crippen LogP contribution in [0.15, 0.2) is 47.8 Å². The highest BCUT2D eigenvalue weighted by Gasteiger charge is 2.08. The van der Waals surface area contributed by atoms with Gasteiger partial charge in [0.1, 0.15) is 0 Å². The van der Waals surface area contributed by atoms with Crippen molar-refractivity contribution < 1.29 is 5.11 Å². The summed E-state index contributed by atoms with van der Waals surface area (Å²) in [7, 11) is 0. The smallest absolute Gasteiger partial charge is 0.0626 e. The monoisotopic (exact) mass is 233 g/mol. The summed E-state index contributed by atoms with van der Waals surface area (Å²) in [6.07, 6.45) is 0. The van der Waals surface area contributed by atoms with Crippen LogP contribution in [0, 0.1) is 0 Å². The summed E-state index contributed by atoms with van der Waals surface area (Å²) in [5, 5.41) is 14.8. The van der Waals surface area contributed by atoms with Crippen molar-refractivity contribution in [3.05, 3.63) is 58.3 Å². The molecule has 0 saturated heterocycles. The third-order valence-corrected chi connectivity index (χ3v) is 3.36. The molecule has 0 amide bonds.